The SMILES string of the molecule is Cc1c(C(=O)O)sc2nc(CN3CCCN(c4cccc(OCc5ccc(C#N)cc5F)n4)CC3)n(CC3CCO3)c12. The fourth-order valence-corrected chi connectivity index (χ4v) is 6.49. The van der Waals surface area contributed by atoms with Crippen LogP contribution in [-0.2, 0) is 24.4 Å². The van der Waals surface area contributed by atoms with Crippen LogP contribution in [0.1, 0.15) is 45.0 Å². The number of thiophene rings is 1. The molecular weight excluding hydrogens is 559 g/mol. The van der Waals surface area contributed by atoms with E-state index in [1.165, 1.54) is 17.4 Å². The third-order valence-corrected chi connectivity index (χ3v) is 8.99. The van der Waals surface area contributed by atoms with E-state index in [4.69, 9.17) is 19.7 Å². The number of anilines is 1. The van der Waals surface area contributed by atoms with E-state index in [1.807, 2.05) is 25.1 Å². The molecule has 2 aliphatic heterocycles. The summed E-state index contributed by atoms with van der Waals surface area (Å²) in [5.41, 5.74) is 2.30. The van der Waals surface area contributed by atoms with Crippen molar-refractivity contribution < 1.29 is 23.8 Å². The molecule has 0 amide bonds. The molecule has 10 nitrogen and oxygen atoms in total. The lowest BCUT2D eigenvalue weighted by Gasteiger charge is -2.28. The fourth-order valence-electron chi connectivity index (χ4n) is 5.45. The largest absolute Gasteiger partial charge is 0.477 e. The molecule has 2 saturated heterocycles. The Kier molecular flexibility index (Phi) is 8.06. The van der Waals surface area contributed by atoms with Gasteiger partial charge in [-0.25, -0.2) is 14.2 Å². The smallest absolute Gasteiger partial charge is 0.346 e. The molecule has 1 N–H and O–H groups in total. The molecule has 5 heterocycles. The average molecular weight is 591 g/mol. The monoisotopic (exact) mass is 590 g/mol. The molecule has 4 aromatic rings. The van der Waals surface area contributed by atoms with Crippen molar-refractivity contribution in [3.63, 3.8) is 0 Å². The number of hydrogen-bond donors (Lipinski definition) is 1. The van der Waals surface area contributed by atoms with Crippen LogP contribution in [-0.4, -0.2) is 69.4 Å². The zero-order chi connectivity index (χ0) is 29.2. The molecule has 6 rings (SSSR count). The number of nitriles is 1. The Labute approximate surface area is 246 Å². The van der Waals surface area contributed by atoms with Crippen molar-refractivity contribution in [3.05, 3.63) is 69.6 Å². The minimum absolute atomic E-state index is 0.0190. The van der Waals surface area contributed by atoms with Crippen molar-refractivity contribution in [1.82, 2.24) is 19.4 Å². The second-order valence-electron chi connectivity index (χ2n) is 10.6. The highest BCUT2D eigenvalue weighted by molar-refractivity contribution is 7.20. The molecule has 0 bridgehead atoms. The maximum atomic E-state index is 14.3. The van der Waals surface area contributed by atoms with Crippen molar-refractivity contribution in [2.45, 2.75) is 45.6 Å². The molecule has 0 aliphatic carbocycles. The van der Waals surface area contributed by atoms with E-state index in [2.05, 4.69) is 19.4 Å². The number of aryl methyl sites for hydroxylation is 1. The number of rotatable bonds is 9. The van der Waals surface area contributed by atoms with Gasteiger partial charge in [-0.15, -0.1) is 11.3 Å². The van der Waals surface area contributed by atoms with Crippen molar-refractivity contribution in [2.75, 3.05) is 37.7 Å². The van der Waals surface area contributed by atoms with Gasteiger partial charge in [0.1, 0.15) is 33.8 Å². The Bertz CT molecular complexity index is 1660. The van der Waals surface area contributed by atoms with Crippen LogP contribution in [0.15, 0.2) is 36.4 Å². The van der Waals surface area contributed by atoms with E-state index in [-0.39, 0.29) is 18.3 Å². The summed E-state index contributed by atoms with van der Waals surface area (Å²) in [5, 5.41) is 18.6. The lowest BCUT2D eigenvalue weighted by atomic mass is 10.1. The molecule has 2 fully saturated rings. The number of carboxylic acid groups (broad SMARTS) is 1. The molecule has 1 unspecified atom stereocenters. The molecule has 12 heteroatoms. The van der Waals surface area contributed by atoms with Gasteiger partial charge < -0.3 is 24.0 Å². The number of imidazole rings is 1. The van der Waals surface area contributed by atoms with Crippen molar-refractivity contribution in [1.29, 1.82) is 5.26 Å². The minimum Gasteiger partial charge on any atom is -0.477 e. The first-order valence-corrected chi connectivity index (χ1v) is 14.8. The van der Waals surface area contributed by atoms with E-state index in [0.717, 1.165) is 73.2 Å². The Morgan fingerprint density at radius 3 is 2.83 bits per heavy atom. The Balaban J connectivity index is 1.13. The third kappa shape index (κ3) is 5.81. The van der Waals surface area contributed by atoms with Crippen LogP contribution >= 0.6 is 11.3 Å². The number of ether oxygens (including phenoxy) is 2. The number of benzene rings is 1. The molecule has 2 aliphatic rings. The quantitative estimate of drug-likeness (QED) is 0.299. The van der Waals surface area contributed by atoms with E-state index in [1.54, 1.807) is 18.2 Å². The zero-order valence-electron chi connectivity index (χ0n) is 23.3. The van der Waals surface area contributed by atoms with Crippen molar-refractivity contribution in [3.8, 4) is 11.9 Å². The second-order valence-corrected chi connectivity index (χ2v) is 11.6. The second kappa shape index (κ2) is 12.1. The van der Waals surface area contributed by atoms with Gasteiger partial charge in [0.05, 0.1) is 36.3 Å². The first-order valence-electron chi connectivity index (χ1n) is 14.0. The predicted octanol–water partition coefficient (Wildman–Crippen LogP) is 4.59. The number of carboxylic acids is 1. The third-order valence-electron chi connectivity index (χ3n) is 7.83. The fraction of sp³-hybridized carbons (Fsp3) is 0.400. The summed E-state index contributed by atoms with van der Waals surface area (Å²) < 4.78 is 27.9. The van der Waals surface area contributed by atoms with E-state index in [9.17, 15) is 14.3 Å². The number of aromatic nitrogens is 3. The Morgan fingerprint density at radius 2 is 2.10 bits per heavy atom. The number of aromatic carboxylic acids is 1. The molecule has 3 aromatic heterocycles. The van der Waals surface area contributed by atoms with Gasteiger partial charge in [0.15, 0.2) is 0 Å². The molecule has 1 aromatic carbocycles. The van der Waals surface area contributed by atoms with Crippen LogP contribution in [0.25, 0.3) is 10.3 Å². The number of carbonyl (C=O) groups is 1. The van der Waals surface area contributed by atoms with Gasteiger partial charge >= 0.3 is 5.97 Å². The van der Waals surface area contributed by atoms with E-state index in [0.29, 0.717) is 29.4 Å². The molecule has 1 atom stereocenters. The maximum Gasteiger partial charge on any atom is 0.346 e. The summed E-state index contributed by atoms with van der Waals surface area (Å²) in [6, 6.07) is 11.9. The molecule has 0 spiro atoms. The van der Waals surface area contributed by atoms with Crippen LogP contribution in [0.4, 0.5) is 10.2 Å². The lowest BCUT2D eigenvalue weighted by Crippen LogP contribution is -2.34. The minimum atomic E-state index is -0.916. The molecule has 218 valence electrons. The highest BCUT2D eigenvalue weighted by atomic mass is 32.1. The number of halogens is 1. The Morgan fingerprint density at radius 1 is 1.24 bits per heavy atom. The molecular formula is C30H31FN6O4S. The topological polar surface area (TPSA) is 117 Å². The summed E-state index contributed by atoms with van der Waals surface area (Å²) in [4.78, 5) is 27.0. The van der Waals surface area contributed by atoms with Crippen molar-refractivity contribution >= 4 is 33.5 Å². The summed E-state index contributed by atoms with van der Waals surface area (Å²) in [7, 11) is 0. The summed E-state index contributed by atoms with van der Waals surface area (Å²) in [6.07, 6.45) is 2.05. The summed E-state index contributed by atoms with van der Waals surface area (Å²) >= 11 is 1.24. The van der Waals surface area contributed by atoms with Crippen LogP contribution < -0.4 is 9.64 Å². The highest BCUT2D eigenvalue weighted by Crippen LogP contribution is 2.33. The number of hydrogen-bond acceptors (Lipinski definition) is 9. The number of fused-ring (bicyclic) bond motifs is 1. The van der Waals surface area contributed by atoms with Crippen LogP contribution in [0.5, 0.6) is 5.88 Å². The maximum absolute atomic E-state index is 14.3. The lowest BCUT2D eigenvalue weighted by molar-refractivity contribution is -0.0592. The number of pyridine rings is 1. The first-order chi connectivity index (χ1) is 20.4. The normalized spacial score (nSPS) is 17.5. The number of nitrogens with zero attached hydrogens (tertiary/aromatic N) is 6. The van der Waals surface area contributed by atoms with Gasteiger partial charge in [-0.3, -0.25) is 4.90 Å². The Hall–Kier alpha value is -4.05. The van der Waals surface area contributed by atoms with Gasteiger partial charge in [-0.05, 0) is 38.0 Å². The van der Waals surface area contributed by atoms with Gasteiger partial charge in [0.2, 0.25) is 5.88 Å². The van der Waals surface area contributed by atoms with Gasteiger partial charge in [-0.1, -0.05) is 12.1 Å². The molecule has 42 heavy (non-hydrogen) atoms. The first kappa shape index (κ1) is 28.1. The zero-order valence-corrected chi connectivity index (χ0v) is 24.1. The van der Waals surface area contributed by atoms with Gasteiger partial charge in [0, 0.05) is 50.0 Å². The summed E-state index contributed by atoms with van der Waals surface area (Å²) in [6.45, 7) is 7.28. The van der Waals surface area contributed by atoms with E-state index < -0.39 is 11.8 Å². The molecule has 0 saturated carbocycles. The van der Waals surface area contributed by atoms with Crippen molar-refractivity contribution in [2.24, 2.45) is 0 Å². The average Bonchev–Trinajstić information content (AvgIpc) is 3.35. The van der Waals surface area contributed by atoms with Gasteiger partial charge in [0.25, 0.3) is 0 Å². The highest BCUT2D eigenvalue weighted by Gasteiger charge is 2.27. The predicted molar refractivity (Wildman–Crippen MR) is 155 cm³/mol. The van der Waals surface area contributed by atoms with Crippen LogP contribution in [0.3, 0.4) is 0 Å². The summed E-state index contributed by atoms with van der Waals surface area (Å²) in [5.74, 6) is 0.754. The van der Waals surface area contributed by atoms with Gasteiger partial charge in [-0.2, -0.15) is 10.2 Å². The molecule has 0 radical (unpaired) electrons. The van der Waals surface area contributed by atoms with Crippen LogP contribution in [0, 0.1) is 24.1 Å². The standard InChI is InChI=1S/C30H31FN6O4S/c1-19-27-29(42-28(19)30(38)39)34-25(37(27)16-22-8-13-40-22)17-35-9-3-10-36(12-11-35)24-4-2-5-26(33-24)41-18-21-7-6-20(15-32)14-23(21)31/h2,4-7,14,22H,3,8-13,16-18H2,1H3,(H,38,39). The van der Waals surface area contributed by atoms with Crippen LogP contribution in [0.2, 0.25) is 0 Å². The van der Waals surface area contributed by atoms with E-state index >= 15 is 0 Å².